The molecule has 0 unspecified atom stereocenters. The first-order valence-corrected chi connectivity index (χ1v) is 5.28. The van der Waals surface area contributed by atoms with E-state index in [-0.39, 0.29) is 17.8 Å². The minimum absolute atomic E-state index is 0.180. The van der Waals surface area contributed by atoms with Crippen LogP contribution in [-0.4, -0.2) is 17.2 Å². The Bertz CT molecular complexity index is 416. The largest absolute Gasteiger partial charge is 0.489 e. The summed E-state index contributed by atoms with van der Waals surface area (Å²) in [5.74, 6) is -1.31. The summed E-state index contributed by atoms with van der Waals surface area (Å²) in [5.41, 5.74) is 0. The van der Waals surface area contributed by atoms with E-state index < -0.39 is 11.8 Å². The Morgan fingerprint density at radius 3 is 2.81 bits per heavy atom. The van der Waals surface area contributed by atoms with Gasteiger partial charge < -0.3 is 9.84 Å². The third-order valence-corrected chi connectivity index (χ3v) is 2.94. The second-order valence-corrected chi connectivity index (χ2v) is 4.23. The number of halogens is 2. The smallest absolute Gasteiger partial charge is 0.306 e. The molecule has 0 spiro atoms. The van der Waals surface area contributed by atoms with Gasteiger partial charge in [0.25, 0.3) is 0 Å². The number of carboxylic acid groups (broad SMARTS) is 1. The predicted octanol–water partition coefficient (Wildman–Crippen LogP) is 2.72. The van der Waals surface area contributed by atoms with Crippen molar-refractivity contribution in [2.24, 2.45) is 5.92 Å². The summed E-state index contributed by atoms with van der Waals surface area (Å²) < 4.78 is 18.3. The van der Waals surface area contributed by atoms with Gasteiger partial charge >= 0.3 is 5.97 Å². The lowest BCUT2D eigenvalue weighted by Gasteiger charge is -2.32. The van der Waals surface area contributed by atoms with Crippen molar-refractivity contribution in [1.82, 2.24) is 0 Å². The van der Waals surface area contributed by atoms with E-state index in [2.05, 4.69) is 0 Å². The van der Waals surface area contributed by atoms with Gasteiger partial charge in [-0.25, -0.2) is 4.39 Å². The van der Waals surface area contributed by atoms with E-state index in [1.54, 1.807) is 0 Å². The van der Waals surface area contributed by atoms with E-state index >= 15 is 0 Å². The molecule has 3 nitrogen and oxygen atoms in total. The maximum atomic E-state index is 12.9. The van der Waals surface area contributed by atoms with E-state index in [0.717, 1.165) is 0 Å². The van der Waals surface area contributed by atoms with Crippen molar-refractivity contribution < 1.29 is 19.0 Å². The van der Waals surface area contributed by atoms with Crippen LogP contribution < -0.4 is 4.74 Å². The normalized spacial score (nSPS) is 23.6. The molecule has 0 aromatic heterocycles. The summed E-state index contributed by atoms with van der Waals surface area (Å²) in [6.45, 7) is 0. The zero-order valence-corrected chi connectivity index (χ0v) is 9.08. The Hall–Kier alpha value is -1.29. The number of ether oxygens (including phenoxy) is 1. The lowest BCUT2D eigenvalue weighted by molar-refractivity contribution is -0.147. The number of aliphatic carboxylic acids is 1. The van der Waals surface area contributed by atoms with E-state index in [1.165, 1.54) is 18.2 Å². The van der Waals surface area contributed by atoms with Gasteiger partial charge in [0, 0.05) is 6.07 Å². The highest BCUT2D eigenvalue weighted by molar-refractivity contribution is 6.32. The molecule has 0 heterocycles. The number of hydrogen-bond donors (Lipinski definition) is 1. The molecule has 1 N–H and O–H groups in total. The van der Waals surface area contributed by atoms with Crippen molar-refractivity contribution in [2.75, 3.05) is 0 Å². The van der Waals surface area contributed by atoms with Crippen LogP contribution in [0.3, 0.4) is 0 Å². The molecule has 0 amide bonds. The van der Waals surface area contributed by atoms with Crippen molar-refractivity contribution in [1.29, 1.82) is 0 Å². The van der Waals surface area contributed by atoms with Crippen molar-refractivity contribution in [3.05, 3.63) is 29.0 Å². The number of carbonyl (C=O) groups is 1. The van der Waals surface area contributed by atoms with Gasteiger partial charge in [0.1, 0.15) is 17.7 Å². The van der Waals surface area contributed by atoms with Crippen molar-refractivity contribution in [2.45, 2.75) is 18.9 Å². The highest BCUT2D eigenvalue weighted by atomic mass is 35.5. The molecule has 0 bridgehead atoms. The Kier molecular flexibility index (Phi) is 3.01. The topological polar surface area (TPSA) is 46.5 Å². The van der Waals surface area contributed by atoms with Crippen molar-refractivity contribution >= 4 is 17.6 Å². The quantitative estimate of drug-likeness (QED) is 0.889. The minimum atomic E-state index is -0.815. The Labute approximate surface area is 96.8 Å². The van der Waals surface area contributed by atoms with E-state index in [0.29, 0.717) is 17.9 Å². The first kappa shape index (κ1) is 11.2. The average molecular weight is 245 g/mol. The molecule has 5 heteroatoms. The molecule has 1 aromatic rings. The monoisotopic (exact) mass is 244 g/mol. The fraction of sp³-hybridized carbons (Fsp3) is 0.364. The fourth-order valence-electron chi connectivity index (χ4n) is 1.61. The molecule has 1 aliphatic carbocycles. The number of carboxylic acids is 1. The molecule has 1 aliphatic rings. The van der Waals surface area contributed by atoms with Gasteiger partial charge in [0.15, 0.2) is 0 Å². The predicted molar refractivity (Wildman–Crippen MR) is 56.2 cm³/mol. The van der Waals surface area contributed by atoms with Gasteiger partial charge in [-0.1, -0.05) is 11.6 Å². The maximum Gasteiger partial charge on any atom is 0.306 e. The SMILES string of the molecule is O=C(O)C1CC(Oc2cc(F)ccc2Cl)C1. The van der Waals surface area contributed by atoms with E-state index in [9.17, 15) is 9.18 Å². The Morgan fingerprint density at radius 1 is 1.50 bits per heavy atom. The van der Waals surface area contributed by atoms with Crippen molar-refractivity contribution in [3.8, 4) is 5.75 Å². The van der Waals surface area contributed by atoms with E-state index in [1.807, 2.05) is 0 Å². The average Bonchev–Trinajstić information content (AvgIpc) is 2.15. The molecule has 1 saturated carbocycles. The van der Waals surface area contributed by atoms with Crippen molar-refractivity contribution in [3.63, 3.8) is 0 Å². The molecule has 0 atom stereocenters. The molecule has 0 radical (unpaired) electrons. The van der Waals surface area contributed by atoms with Crippen LogP contribution in [0, 0.1) is 11.7 Å². The summed E-state index contributed by atoms with van der Waals surface area (Å²) in [4.78, 5) is 10.6. The maximum absolute atomic E-state index is 12.9. The van der Waals surface area contributed by atoms with Gasteiger partial charge in [0.2, 0.25) is 0 Å². The van der Waals surface area contributed by atoms with Crippen LogP contribution in [0.25, 0.3) is 0 Å². The number of benzene rings is 1. The summed E-state index contributed by atoms with van der Waals surface area (Å²) in [6.07, 6.45) is 0.713. The van der Waals surface area contributed by atoms with E-state index in [4.69, 9.17) is 21.4 Å². The zero-order valence-electron chi connectivity index (χ0n) is 8.32. The van der Waals surface area contributed by atoms with Crippen LogP contribution in [0.4, 0.5) is 4.39 Å². The Balaban J connectivity index is 1.96. The summed E-state index contributed by atoms with van der Waals surface area (Å²) in [7, 11) is 0. The molecular formula is C11H10ClFO3. The lowest BCUT2D eigenvalue weighted by Crippen LogP contribution is -2.38. The molecule has 1 aromatic carbocycles. The van der Waals surface area contributed by atoms with Crippen LogP contribution in [0.5, 0.6) is 5.75 Å². The third-order valence-electron chi connectivity index (χ3n) is 2.63. The molecular weight excluding hydrogens is 235 g/mol. The molecule has 2 rings (SSSR count). The fourth-order valence-corrected chi connectivity index (χ4v) is 1.77. The summed E-state index contributed by atoms with van der Waals surface area (Å²) >= 11 is 5.81. The second kappa shape index (κ2) is 4.29. The highest BCUT2D eigenvalue weighted by Gasteiger charge is 2.36. The zero-order chi connectivity index (χ0) is 11.7. The van der Waals surface area contributed by atoms with Crippen LogP contribution in [0.15, 0.2) is 18.2 Å². The van der Waals surface area contributed by atoms with Gasteiger partial charge in [-0.15, -0.1) is 0 Å². The first-order chi connectivity index (χ1) is 7.56. The first-order valence-electron chi connectivity index (χ1n) is 4.91. The molecule has 1 fully saturated rings. The third kappa shape index (κ3) is 2.27. The highest BCUT2D eigenvalue weighted by Crippen LogP contribution is 2.34. The summed E-state index contributed by atoms with van der Waals surface area (Å²) in [6, 6.07) is 3.87. The van der Waals surface area contributed by atoms with Gasteiger partial charge in [0.05, 0.1) is 10.9 Å². The number of hydrogen-bond acceptors (Lipinski definition) is 2. The molecule has 86 valence electrons. The molecule has 0 aliphatic heterocycles. The van der Waals surface area contributed by atoms with Crippen LogP contribution in [0.1, 0.15) is 12.8 Å². The Morgan fingerprint density at radius 2 is 2.19 bits per heavy atom. The van der Waals surface area contributed by atoms with Gasteiger partial charge in [-0.05, 0) is 25.0 Å². The van der Waals surface area contributed by atoms with Gasteiger partial charge in [-0.2, -0.15) is 0 Å². The molecule has 16 heavy (non-hydrogen) atoms. The van der Waals surface area contributed by atoms with Crippen LogP contribution >= 0.6 is 11.6 Å². The van der Waals surface area contributed by atoms with Gasteiger partial charge in [-0.3, -0.25) is 4.79 Å². The molecule has 0 saturated heterocycles. The number of rotatable bonds is 3. The second-order valence-electron chi connectivity index (χ2n) is 3.82. The lowest BCUT2D eigenvalue weighted by atomic mass is 9.82. The van der Waals surface area contributed by atoms with Crippen LogP contribution in [-0.2, 0) is 4.79 Å². The standard InChI is InChI=1S/C11H10ClFO3/c12-9-2-1-7(13)5-10(9)16-8-3-6(4-8)11(14)15/h1-2,5-6,8H,3-4H2,(H,14,15). The minimum Gasteiger partial charge on any atom is -0.489 e. The van der Waals surface area contributed by atoms with Crippen LogP contribution in [0.2, 0.25) is 5.02 Å². The summed E-state index contributed by atoms with van der Waals surface area (Å²) in [5, 5.41) is 9.01.